The third kappa shape index (κ3) is 9.10. The first-order valence-electron chi connectivity index (χ1n) is 10.3. The molecule has 0 aliphatic rings. The summed E-state index contributed by atoms with van der Waals surface area (Å²) in [5.74, 6) is -1.55. The molecule has 0 aliphatic carbocycles. The molecule has 1 unspecified atom stereocenters. The summed E-state index contributed by atoms with van der Waals surface area (Å²) < 4.78 is 0. The fourth-order valence-corrected chi connectivity index (χ4v) is 3.70. The van der Waals surface area contributed by atoms with Gasteiger partial charge in [-0.2, -0.15) is 0 Å². The molecule has 0 saturated carbocycles. The molecular formula is C21H44O2. The predicted molar refractivity (Wildman–Crippen MR) is 101 cm³/mol. The monoisotopic (exact) mass is 328 g/mol. The van der Waals surface area contributed by atoms with Crippen LogP contribution in [0.4, 0.5) is 0 Å². The second-order valence-corrected chi connectivity index (χ2v) is 7.82. The molecule has 1 atom stereocenters. The van der Waals surface area contributed by atoms with Gasteiger partial charge in [-0.05, 0) is 18.3 Å². The molecule has 0 rings (SSSR count). The highest BCUT2D eigenvalue weighted by atomic mass is 16.5. The van der Waals surface area contributed by atoms with Gasteiger partial charge in [0.15, 0.2) is 5.79 Å². The van der Waals surface area contributed by atoms with Crippen LogP contribution in [0.25, 0.3) is 0 Å². The second kappa shape index (κ2) is 12.3. The van der Waals surface area contributed by atoms with Crippen LogP contribution in [-0.2, 0) is 0 Å². The van der Waals surface area contributed by atoms with E-state index in [0.717, 1.165) is 32.1 Å². The summed E-state index contributed by atoms with van der Waals surface area (Å²) in [5, 5.41) is 21.4. The molecule has 2 nitrogen and oxygen atoms in total. The van der Waals surface area contributed by atoms with E-state index in [9.17, 15) is 10.2 Å². The Bertz CT molecular complexity index is 269. The van der Waals surface area contributed by atoms with E-state index >= 15 is 0 Å². The summed E-state index contributed by atoms with van der Waals surface area (Å²) in [6.45, 7) is 10.9. The van der Waals surface area contributed by atoms with Crippen molar-refractivity contribution in [3.8, 4) is 0 Å². The Hall–Kier alpha value is -0.0800. The van der Waals surface area contributed by atoms with Crippen molar-refractivity contribution < 1.29 is 10.2 Å². The quantitative estimate of drug-likeness (QED) is 0.268. The third-order valence-electron chi connectivity index (χ3n) is 5.98. The summed E-state index contributed by atoms with van der Waals surface area (Å²) in [6.07, 6.45) is 14.5. The Morgan fingerprint density at radius 1 is 0.739 bits per heavy atom. The Balaban J connectivity index is 4.49. The largest absolute Gasteiger partial charge is 0.365 e. The van der Waals surface area contributed by atoms with Crippen LogP contribution < -0.4 is 0 Å². The Morgan fingerprint density at radius 2 is 1.26 bits per heavy atom. The second-order valence-electron chi connectivity index (χ2n) is 7.82. The van der Waals surface area contributed by atoms with Crippen LogP contribution in [0.3, 0.4) is 0 Å². The molecule has 0 radical (unpaired) electrons. The summed E-state index contributed by atoms with van der Waals surface area (Å²) in [7, 11) is 0. The van der Waals surface area contributed by atoms with Crippen molar-refractivity contribution in [3.05, 3.63) is 0 Å². The van der Waals surface area contributed by atoms with Gasteiger partial charge in [-0.15, -0.1) is 0 Å². The number of hydrogen-bond donors (Lipinski definition) is 2. The normalized spacial score (nSPS) is 14.2. The van der Waals surface area contributed by atoms with Crippen molar-refractivity contribution in [2.45, 2.75) is 124 Å². The first-order chi connectivity index (χ1) is 10.9. The van der Waals surface area contributed by atoms with Crippen molar-refractivity contribution in [1.29, 1.82) is 0 Å². The van der Waals surface area contributed by atoms with Crippen molar-refractivity contribution >= 4 is 0 Å². The molecule has 0 aliphatic heterocycles. The van der Waals surface area contributed by atoms with E-state index < -0.39 is 5.79 Å². The molecule has 0 aromatic heterocycles. The highest BCUT2D eigenvalue weighted by Crippen LogP contribution is 2.42. The van der Waals surface area contributed by atoms with Crippen LogP contribution in [0.1, 0.15) is 118 Å². The topological polar surface area (TPSA) is 40.5 Å². The number of rotatable bonds is 15. The number of unbranched alkanes of at least 4 members (excludes halogenated alkanes) is 6. The summed E-state index contributed by atoms with van der Waals surface area (Å²) in [4.78, 5) is 0. The first kappa shape index (κ1) is 22.9. The summed E-state index contributed by atoms with van der Waals surface area (Å²) in [6, 6.07) is 0. The average molecular weight is 329 g/mol. The van der Waals surface area contributed by atoms with E-state index in [1.54, 1.807) is 0 Å². The van der Waals surface area contributed by atoms with E-state index in [2.05, 4.69) is 27.7 Å². The van der Waals surface area contributed by atoms with Crippen molar-refractivity contribution in [3.63, 3.8) is 0 Å². The van der Waals surface area contributed by atoms with Crippen LogP contribution in [0, 0.1) is 11.3 Å². The summed E-state index contributed by atoms with van der Waals surface area (Å²) >= 11 is 0. The minimum atomic E-state index is -1.51. The van der Waals surface area contributed by atoms with E-state index in [4.69, 9.17) is 0 Å². The van der Waals surface area contributed by atoms with Crippen molar-refractivity contribution in [1.82, 2.24) is 0 Å². The molecule has 0 aromatic rings. The smallest absolute Gasteiger partial charge is 0.165 e. The fourth-order valence-electron chi connectivity index (χ4n) is 3.70. The van der Waals surface area contributed by atoms with Crippen molar-refractivity contribution in [2.75, 3.05) is 0 Å². The fraction of sp³-hybridized carbons (Fsp3) is 1.00. The maximum absolute atomic E-state index is 10.7. The van der Waals surface area contributed by atoms with Gasteiger partial charge in [0.25, 0.3) is 0 Å². The van der Waals surface area contributed by atoms with E-state index in [-0.39, 0.29) is 11.3 Å². The van der Waals surface area contributed by atoms with Gasteiger partial charge in [-0.1, -0.05) is 98.8 Å². The maximum Gasteiger partial charge on any atom is 0.165 e. The van der Waals surface area contributed by atoms with Crippen LogP contribution in [0.15, 0.2) is 0 Å². The minimum Gasteiger partial charge on any atom is -0.365 e. The Morgan fingerprint density at radius 3 is 1.78 bits per heavy atom. The lowest BCUT2D eigenvalue weighted by molar-refractivity contribution is -0.221. The van der Waals surface area contributed by atoms with E-state index in [1.165, 1.54) is 44.9 Å². The van der Waals surface area contributed by atoms with Crippen LogP contribution in [0.5, 0.6) is 0 Å². The molecule has 2 N–H and O–H groups in total. The van der Waals surface area contributed by atoms with Crippen LogP contribution in [0.2, 0.25) is 0 Å². The molecule has 23 heavy (non-hydrogen) atoms. The van der Waals surface area contributed by atoms with Crippen LogP contribution >= 0.6 is 0 Å². The first-order valence-corrected chi connectivity index (χ1v) is 10.3. The molecule has 0 spiro atoms. The number of hydrogen-bond acceptors (Lipinski definition) is 2. The Kier molecular flexibility index (Phi) is 12.3. The Labute approximate surface area is 146 Å². The zero-order chi connectivity index (χ0) is 17.8. The third-order valence-corrected chi connectivity index (χ3v) is 5.98. The molecular weight excluding hydrogens is 284 g/mol. The molecule has 0 amide bonds. The highest BCUT2D eigenvalue weighted by Gasteiger charge is 2.39. The van der Waals surface area contributed by atoms with Crippen LogP contribution in [-0.4, -0.2) is 16.0 Å². The predicted octanol–water partition coefficient (Wildman–Crippen LogP) is 6.44. The minimum absolute atomic E-state index is 0.0345. The van der Waals surface area contributed by atoms with E-state index in [0.29, 0.717) is 6.42 Å². The van der Waals surface area contributed by atoms with E-state index in [1.807, 2.05) is 6.92 Å². The SMILES string of the molecule is CCCCCCCC(C)C(O)(O)CC(CC)(CC)CCCCC. The molecule has 0 aromatic carbocycles. The molecule has 0 fully saturated rings. The van der Waals surface area contributed by atoms with Gasteiger partial charge in [0.1, 0.15) is 0 Å². The van der Waals surface area contributed by atoms with Gasteiger partial charge < -0.3 is 10.2 Å². The lowest BCUT2D eigenvalue weighted by Gasteiger charge is -2.40. The van der Waals surface area contributed by atoms with Gasteiger partial charge in [-0.3, -0.25) is 0 Å². The molecule has 0 bridgehead atoms. The standard InChI is InChI=1S/C21H44O2/c1-6-10-12-13-14-16-19(5)21(22,23)18-20(8-3,9-4)17-15-11-7-2/h19,22-23H,6-18H2,1-5H3. The molecule has 140 valence electrons. The van der Waals surface area contributed by atoms with Gasteiger partial charge in [0.05, 0.1) is 0 Å². The zero-order valence-electron chi connectivity index (χ0n) is 16.7. The van der Waals surface area contributed by atoms with Gasteiger partial charge >= 0.3 is 0 Å². The van der Waals surface area contributed by atoms with Gasteiger partial charge in [0.2, 0.25) is 0 Å². The molecule has 0 saturated heterocycles. The zero-order valence-corrected chi connectivity index (χ0v) is 16.7. The van der Waals surface area contributed by atoms with Gasteiger partial charge in [0, 0.05) is 12.3 Å². The maximum atomic E-state index is 10.7. The molecule has 2 heteroatoms. The number of aliphatic hydroxyl groups is 2. The lowest BCUT2D eigenvalue weighted by Crippen LogP contribution is -2.42. The summed E-state index contributed by atoms with van der Waals surface area (Å²) in [5.41, 5.74) is 0.0924. The highest BCUT2D eigenvalue weighted by molar-refractivity contribution is 4.85. The lowest BCUT2D eigenvalue weighted by atomic mass is 9.70. The molecule has 0 heterocycles. The van der Waals surface area contributed by atoms with Gasteiger partial charge in [-0.25, -0.2) is 0 Å². The van der Waals surface area contributed by atoms with Crippen molar-refractivity contribution in [2.24, 2.45) is 11.3 Å². The average Bonchev–Trinajstić information content (AvgIpc) is 2.53.